The third-order valence-corrected chi connectivity index (χ3v) is 5.99. The van der Waals surface area contributed by atoms with Crippen molar-refractivity contribution >= 4 is 5.91 Å². The lowest BCUT2D eigenvalue weighted by molar-refractivity contribution is -0.171. The molecule has 2 aromatic carbocycles. The van der Waals surface area contributed by atoms with Crippen LogP contribution in [0.2, 0.25) is 0 Å². The van der Waals surface area contributed by atoms with Gasteiger partial charge in [-0.25, -0.2) is 4.39 Å². The smallest absolute Gasteiger partial charge is 0.288 e. The third-order valence-electron chi connectivity index (χ3n) is 5.99. The molecule has 1 aliphatic rings. The minimum Gasteiger partial charge on any atom is -0.459 e. The van der Waals surface area contributed by atoms with Crippen molar-refractivity contribution in [1.82, 2.24) is 4.90 Å². The van der Waals surface area contributed by atoms with Crippen LogP contribution >= 0.6 is 0 Å². The third kappa shape index (κ3) is 8.13. The van der Waals surface area contributed by atoms with E-state index in [0.29, 0.717) is 46.0 Å². The van der Waals surface area contributed by atoms with Gasteiger partial charge in [-0.15, -0.1) is 0 Å². The van der Waals surface area contributed by atoms with Crippen LogP contribution in [0.15, 0.2) is 66.4 Å². The number of carbonyl (C=O) groups excluding carboxylic acids is 1. The van der Waals surface area contributed by atoms with Crippen molar-refractivity contribution in [2.75, 3.05) is 46.7 Å². The zero-order chi connectivity index (χ0) is 25.8. The fourth-order valence-electron chi connectivity index (χ4n) is 4.22. The van der Waals surface area contributed by atoms with Crippen LogP contribution < -0.4 is 0 Å². The Morgan fingerprint density at radius 2 is 1.72 bits per heavy atom. The number of hydrogen-bond donors (Lipinski definition) is 1. The first-order valence-electron chi connectivity index (χ1n) is 12.3. The van der Waals surface area contributed by atoms with Crippen molar-refractivity contribution in [3.8, 4) is 0 Å². The van der Waals surface area contributed by atoms with Crippen LogP contribution in [0.3, 0.4) is 0 Å². The molecule has 0 radical (unpaired) electrons. The molecule has 0 bridgehead atoms. The number of rotatable bonds is 14. The number of allylic oxidation sites excluding steroid dienone is 1. The number of hydrogen-bond acceptors (Lipinski definition) is 6. The lowest BCUT2D eigenvalue weighted by Gasteiger charge is -2.37. The first-order chi connectivity index (χ1) is 17.5. The Balaban J connectivity index is 1.75. The van der Waals surface area contributed by atoms with Gasteiger partial charge in [0.25, 0.3) is 5.91 Å². The van der Waals surface area contributed by atoms with E-state index >= 15 is 0 Å². The lowest BCUT2D eigenvalue weighted by Crippen LogP contribution is -2.39. The Kier molecular flexibility index (Phi) is 11.4. The number of halogens is 1. The SMILES string of the molecule is CCO[C@H]1OC(C(=O)N(C)Cc2ccc(F)cc2)=C[C@@H](c2ccccc2)[C@H]1CCOCCOCCO. The van der Waals surface area contributed by atoms with Gasteiger partial charge in [-0.2, -0.15) is 0 Å². The minimum absolute atomic E-state index is 0.0132. The summed E-state index contributed by atoms with van der Waals surface area (Å²) in [6.45, 7) is 4.25. The van der Waals surface area contributed by atoms with Gasteiger partial charge in [0, 0.05) is 38.6 Å². The molecule has 0 aromatic heterocycles. The van der Waals surface area contributed by atoms with Crippen LogP contribution in [0.25, 0.3) is 0 Å². The van der Waals surface area contributed by atoms with Crippen LogP contribution in [-0.4, -0.2) is 68.9 Å². The maximum Gasteiger partial charge on any atom is 0.288 e. The minimum atomic E-state index is -0.613. The molecule has 1 aliphatic heterocycles. The van der Waals surface area contributed by atoms with Crippen molar-refractivity contribution in [2.45, 2.75) is 32.1 Å². The van der Waals surface area contributed by atoms with E-state index in [9.17, 15) is 9.18 Å². The van der Waals surface area contributed by atoms with E-state index in [2.05, 4.69) is 0 Å². The van der Waals surface area contributed by atoms with E-state index in [1.807, 2.05) is 43.3 Å². The van der Waals surface area contributed by atoms with E-state index in [4.69, 9.17) is 24.1 Å². The molecule has 0 fully saturated rings. The van der Waals surface area contributed by atoms with E-state index in [0.717, 1.165) is 11.1 Å². The number of benzene rings is 2. The second-order valence-corrected chi connectivity index (χ2v) is 8.60. The molecule has 3 rings (SSSR count). The molecule has 1 amide bonds. The van der Waals surface area contributed by atoms with Gasteiger partial charge in [0.1, 0.15) is 5.82 Å². The number of aliphatic hydroxyl groups excluding tert-OH is 1. The van der Waals surface area contributed by atoms with Gasteiger partial charge in [0.15, 0.2) is 5.76 Å². The second-order valence-electron chi connectivity index (χ2n) is 8.60. The molecule has 2 aromatic rings. The van der Waals surface area contributed by atoms with Crippen LogP contribution in [0, 0.1) is 11.7 Å². The van der Waals surface area contributed by atoms with Crippen molar-refractivity contribution in [2.24, 2.45) is 5.92 Å². The normalized spacial score (nSPS) is 19.4. The molecule has 196 valence electrons. The molecular formula is C28H36FNO6. The predicted octanol–water partition coefficient (Wildman–Crippen LogP) is 3.88. The van der Waals surface area contributed by atoms with Crippen LogP contribution in [-0.2, 0) is 30.3 Å². The van der Waals surface area contributed by atoms with Crippen LogP contribution in [0.5, 0.6) is 0 Å². The summed E-state index contributed by atoms with van der Waals surface area (Å²) in [6, 6.07) is 16.1. The molecule has 0 aliphatic carbocycles. The molecule has 3 atom stereocenters. The summed E-state index contributed by atoms with van der Waals surface area (Å²) in [5, 5.41) is 8.79. The number of ether oxygens (including phenoxy) is 4. The highest BCUT2D eigenvalue weighted by Crippen LogP contribution is 2.39. The van der Waals surface area contributed by atoms with Gasteiger partial charge in [-0.1, -0.05) is 42.5 Å². The average Bonchev–Trinajstić information content (AvgIpc) is 2.90. The second kappa shape index (κ2) is 14.7. The summed E-state index contributed by atoms with van der Waals surface area (Å²) in [6.07, 6.45) is 1.93. The molecule has 0 spiro atoms. The van der Waals surface area contributed by atoms with E-state index < -0.39 is 6.29 Å². The molecular weight excluding hydrogens is 465 g/mol. The summed E-state index contributed by atoms with van der Waals surface area (Å²) in [7, 11) is 1.70. The van der Waals surface area contributed by atoms with Crippen molar-refractivity contribution < 1.29 is 33.2 Å². The lowest BCUT2D eigenvalue weighted by atomic mass is 9.81. The van der Waals surface area contributed by atoms with E-state index in [1.165, 1.54) is 12.1 Å². The van der Waals surface area contributed by atoms with Crippen molar-refractivity contribution in [3.05, 3.63) is 83.4 Å². The molecule has 1 heterocycles. The van der Waals surface area contributed by atoms with Crippen molar-refractivity contribution in [1.29, 1.82) is 0 Å². The van der Waals surface area contributed by atoms with Gasteiger partial charge in [-0.05, 0) is 42.7 Å². The molecule has 0 saturated carbocycles. The highest BCUT2D eigenvalue weighted by molar-refractivity contribution is 5.91. The number of likely N-dealkylation sites (N-methyl/N-ethyl adjacent to an activating group) is 1. The first kappa shape index (κ1) is 27.8. The highest BCUT2D eigenvalue weighted by Gasteiger charge is 2.38. The molecule has 8 heteroatoms. The highest BCUT2D eigenvalue weighted by atomic mass is 19.1. The van der Waals surface area contributed by atoms with Crippen molar-refractivity contribution in [3.63, 3.8) is 0 Å². The topological polar surface area (TPSA) is 77.5 Å². The molecule has 1 N–H and O–H groups in total. The summed E-state index contributed by atoms with van der Waals surface area (Å²) < 4.78 is 36.3. The molecule has 0 saturated heterocycles. The first-order valence-corrected chi connectivity index (χ1v) is 12.3. The van der Waals surface area contributed by atoms with E-state index in [1.54, 1.807) is 24.1 Å². The Hall–Kier alpha value is -2.78. The maximum absolute atomic E-state index is 13.3. The average molecular weight is 502 g/mol. The fourth-order valence-corrected chi connectivity index (χ4v) is 4.22. The van der Waals surface area contributed by atoms with Crippen LogP contribution in [0.1, 0.15) is 30.4 Å². The van der Waals surface area contributed by atoms with Gasteiger partial charge >= 0.3 is 0 Å². The molecule has 7 nitrogen and oxygen atoms in total. The summed E-state index contributed by atoms with van der Waals surface area (Å²) in [4.78, 5) is 14.9. The summed E-state index contributed by atoms with van der Waals surface area (Å²) >= 11 is 0. The van der Waals surface area contributed by atoms with Crippen LogP contribution in [0.4, 0.5) is 4.39 Å². The summed E-state index contributed by atoms with van der Waals surface area (Å²) in [5.74, 6) is -0.514. The summed E-state index contributed by atoms with van der Waals surface area (Å²) in [5.41, 5.74) is 1.89. The Morgan fingerprint density at radius 3 is 2.39 bits per heavy atom. The Labute approximate surface area is 212 Å². The van der Waals surface area contributed by atoms with Gasteiger partial charge in [-0.3, -0.25) is 4.79 Å². The maximum atomic E-state index is 13.3. The van der Waals surface area contributed by atoms with Gasteiger partial charge in [0.05, 0.1) is 26.4 Å². The number of aliphatic hydroxyl groups is 1. The quantitative estimate of drug-likeness (QED) is 0.396. The zero-order valence-electron chi connectivity index (χ0n) is 21.0. The monoisotopic (exact) mass is 501 g/mol. The van der Waals surface area contributed by atoms with E-state index in [-0.39, 0.29) is 35.9 Å². The number of nitrogens with zero attached hydrogens (tertiary/aromatic N) is 1. The fraction of sp³-hybridized carbons (Fsp3) is 0.464. The standard InChI is InChI=1S/C28H36FNO6/c1-3-35-28-24(13-15-33-17-18-34-16-14-31)25(22-7-5-4-6-8-22)19-26(36-28)27(32)30(2)20-21-9-11-23(29)12-10-21/h4-12,19,24-25,28,31H,3,13-18,20H2,1-2H3/t24-,25+,28+/m1/s1. The number of carbonyl (C=O) groups is 1. The van der Waals surface area contributed by atoms with Gasteiger partial charge < -0.3 is 29.0 Å². The number of amides is 1. The Bertz CT molecular complexity index is 952. The predicted molar refractivity (Wildman–Crippen MR) is 133 cm³/mol. The molecule has 36 heavy (non-hydrogen) atoms. The largest absolute Gasteiger partial charge is 0.459 e. The molecule has 0 unspecified atom stereocenters. The Morgan fingerprint density at radius 1 is 1.03 bits per heavy atom. The zero-order valence-corrected chi connectivity index (χ0v) is 21.0. The van der Waals surface area contributed by atoms with Gasteiger partial charge in [0.2, 0.25) is 6.29 Å².